The molecule has 2 N–H and O–H groups in total. The highest BCUT2D eigenvalue weighted by molar-refractivity contribution is 5.23. The second-order valence-electron chi connectivity index (χ2n) is 7.13. The molecule has 0 aromatic carbocycles. The van der Waals surface area contributed by atoms with E-state index in [1.165, 1.54) is 5.56 Å². The van der Waals surface area contributed by atoms with Crippen molar-refractivity contribution in [1.82, 2.24) is 20.1 Å². The van der Waals surface area contributed by atoms with Gasteiger partial charge in [0.1, 0.15) is 0 Å². The molecule has 1 atom stereocenters. The third-order valence-corrected chi connectivity index (χ3v) is 3.85. The van der Waals surface area contributed by atoms with E-state index in [4.69, 9.17) is 0 Å². The second-order valence-corrected chi connectivity index (χ2v) is 7.13. The van der Waals surface area contributed by atoms with Crippen molar-refractivity contribution in [3.8, 4) is 0 Å². The molecule has 2 aromatic rings. The summed E-state index contributed by atoms with van der Waals surface area (Å²) in [4.78, 5) is 4.33. The molecule has 0 spiro atoms. The Balaban J connectivity index is 1.91. The van der Waals surface area contributed by atoms with Gasteiger partial charge in [-0.2, -0.15) is 5.10 Å². The molecule has 0 aliphatic heterocycles. The number of aliphatic hydroxyl groups excluding tert-OH is 1. The average molecular weight is 316 g/mol. The number of aromatic nitrogens is 3. The molecule has 0 aliphatic carbocycles. The maximum atomic E-state index is 9.59. The van der Waals surface area contributed by atoms with Gasteiger partial charge in [0.05, 0.1) is 5.69 Å². The molecule has 0 saturated heterocycles. The molecule has 126 valence electrons. The van der Waals surface area contributed by atoms with Crippen molar-refractivity contribution >= 4 is 0 Å². The second kappa shape index (κ2) is 7.70. The first-order chi connectivity index (χ1) is 10.9. The number of nitrogens with zero attached hydrogens (tertiary/aromatic N) is 3. The Morgan fingerprint density at radius 1 is 1.30 bits per heavy atom. The first kappa shape index (κ1) is 17.6. The quantitative estimate of drug-likeness (QED) is 0.821. The fraction of sp³-hybridized carbons (Fsp3) is 0.556. The number of hydrogen-bond donors (Lipinski definition) is 2. The van der Waals surface area contributed by atoms with Gasteiger partial charge in [0.15, 0.2) is 0 Å². The van der Waals surface area contributed by atoms with Gasteiger partial charge in [0, 0.05) is 55.8 Å². The van der Waals surface area contributed by atoms with Crippen molar-refractivity contribution in [2.24, 2.45) is 13.0 Å². The lowest BCUT2D eigenvalue weighted by Gasteiger charge is -2.19. The number of pyridine rings is 1. The maximum absolute atomic E-state index is 9.59. The van der Waals surface area contributed by atoms with Crippen LogP contribution in [-0.2, 0) is 25.4 Å². The van der Waals surface area contributed by atoms with Gasteiger partial charge >= 0.3 is 0 Å². The van der Waals surface area contributed by atoms with E-state index in [1.807, 2.05) is 29.9 Å². The summed E-state index contributed by atoms with van der Waals surface area (Å²) in [5.74, 6) is 0.166. The molecule has 0 aliphatic rings. The van der Waals surface area contributed by atoms with Gasteiger partial charge in [-0.15, -0.1) is 0 Å². The lowest BCUT2D eigenvalue weighted by molar-refractivity contribution is 0.220. The molecule has 0 radical (unpaired) electrons. The summed E-state index contributed by atoms with van der Waals surface area (Å²) in [7, 11) is 1.95. The Kier molecular flexibility index (Phi) is 5.91. The summed E-state index contributed by atoms with van der Waals surface area (Å²) in [6.45, 7) is 8.21. The van der Waals surface area contributed by atoms with Crippen LogP contribution in [0.4, 0.5) is 0 Å². The zero-order valence-electron chi connectivity index (χ0n) is 14.6. The minimum absolute atomic E-state index is 0.0304. The SMILES string of the molecule is Cn1cc(CNCC(CO)Cc2ccccn2)c(C(C)(C)C)n1. The molecule has 0 amide bonds. The number of nitrogens with one attached hydrogen (secondary N) is 1. The number of rotatable bonds is 7. The lowest BCUT2D eigenvalue weighted by Crippen LogP contribution is -2.27. The van der Waals surface area contributed by atoms with E-state index >= 15 is 0 Å². The largest absolute Gasteiger partial charge is 0.396 e. The summed E-state index contributed by atoms with van der Waals surface area (Å²) < 4.78 is 1.87. The molecule has 0 saturated carbocycles. The third-order valence-electron chi connectivity index (χ3n) is 3.85. The number of aryl methyl sites for hydroxylation is 1. The predicted molar refractivity (Wildman–Crippen MR) is 92.1 cm³/mol. The Morgan fingerprint density at radius 2 is 2.09 bits per heavy atom. The van der Waals surface area contributed by atoms with Gasteiger partial charge < -0.3 is 10.4 Å². The van der Waals surface area contributed by atoms with Crippen LogP contribution in [0, 0.1) is 5.92 Å². The standard InChI is InChI=1S/C18H28N4O/c1-18(2,3)17-15(12-22(4)21-17)11-19-10-14(13-23)9-16-7-5-6-8-20-16/h5-8,12,14,19,23H,9-11,13H2,1-4H3. The summed E-state index contributed by atoms with van der Waals surface area (Å²) in [5.41, 5.74) is 3.39. The van der Waals surface area contributed by atoms with Crippen LogP contribution in [0.3, 0.4) is 0 Å². The van der Waals surface area contributed by atoms with Crippen molar-refractivity contribution in [2.45, 2.75) is 39.2 Å². The van der Waals surface area contributed by atoms with E-state index in [0.29, 0.717) is 0 Å². The van der Waals surface area contributed by atoms with Crippen molar-refractivity contribution < 1.29 is 5.11 Å². The van der Waals surface area contributed by atoms with Crippen LogP contribution in [0.25, 0.3) is 0 Å². The molecule has 5 nitrogen and oxygen atoms in total. The Morgan fingerprint density at radius 3 is 2.70 bits per heavy atom. The van der Waals surface area contributed by atoms with Gasteiger partial charge in [0.25, 0.3) is 0 Å². The predicted octanol–water partition coefficient (Wildman–Crippen LogP) is 2.05. The number of hydrogen-bond acceptors (Lipinski definition) is 4. The van der Waals surface area contributed by atoms with E-state index < -0.39 is 0 Å². The first-order valence-electron chi connectivity index (χ1n) is 8.14. The average Bonchev–Trinajstić information content (AvgIpc) is 2.88. The van der Waals surface area contributed by atoms with E-state index in [2.05, 4.69) is 42.4 Å². The molecule has 0 bridgehead atoms. The van der Waals surface area contributed by atoms with E-state index in [1.54, 1.807) is 6.20 Å². The molecule has 1 unspecified atom stereocenters. The fourth-order valence-corrected chi connectivity index (χ4v) is 2.73. The van der Waals surface area contributed by atoms with Gasteiger partial charge in [0.2, 0.25) is 0 Å². The van der Waals surface area contributed by atoms with Crippen molar-refractivity contribution in [1.29, 1.82) is 0 Å². The zero-order valence-corrected chi connectivity index (χ0v) is 14.6. The Hall–Kier alpha value is -1.72. The van der Waals surface area contributed by atoms with Crippen molar-refractivity contribution in [3.05, 3.63) is 47.5 Å². The minimum Gasteiger partial charge on any atom is -0.396 e. The monoisotopic (exact) mass is 316 g/mol. The zero-order chi connectivity index (χ0) is 16.9. The van der Waals surface area contributed by atoms with Crippen LogP contribution in [0.5, 0.6) is 0 Å². The topological polar surface area (TPSA) is 63.0 Å². The molecule has 2 heterocycles. The smallest absolute Gasteiger partial charge is 0.0722 e. The lowest BCUT2D eigenvalue weighted by atomic mass is 9.89. The molecular formula is C18H28N4O. The van der Waals surface area contributed by atoms with Crippen molar-refractivity contribution in [3.63, 3.8) is 0 Å². The van der Waals surface area contributed by atoms with Crippen LogP contribution in [-0.4, -0.2) is 33.0 Å². The van der Waals surface area contributed by atoms with Gasteiger partial charge in [-0.3, -0.25) is 9.67 Å². The summed E-state index contributed by atoms with van der Waals surface area (Å²) in [6.07, 6.45) is 4.65. The van der Waals surface area contributed by atoms with Crippen LogP contribution in [0.2, 0.25) is 0 Å². The van der Waals surface area contributed by atoms with Crippen LogP contribution >= 0.6 is 0 Å². The first-order valence-corrected chi connectivity index (χ1v) is 8.14. The summed E-state index contributed by atoms with van der Waals surface area (Å²) >= 11 is 0. The summed E-state index contributed by atoms with van der Waals surface area (Å²) in [6, 6.07) is 5.89. The minimum atomic E-state index is 0.0304. The molecule has 23 heavy (non-hydrogen) atoms. The Bertz CT molecular complexity index is 601. The van der Waals surface area contributed by atoms with Gasteiger partial charge in [-0.1, -0.05) is 26.8 Å². The maximum Gasteiger partial charge on any atom is 0.0722 e. The molecule has 2 rings (SSSR count). The molecule has 2 aromatic heterocycles. The highest BCUT2D eigenvalue weighted by Crippen LogP contribution is 2.24. The van der Waals surface area contributed by atoms with E-state index in [-0.39, 0.29) is 17.9 Å². The summed E-state index contributed by atoms with van der Waals surface area (Å²) in [5, 5.41) is 17.6. The van der Waals surface area contributed by atoms with E-state index in [9.17, 15) is 5.11 Å². The highest BCUT2D eigenvalue weighted by Gasteiger charge is 2.21. The molecule has 0 fully saturated rings. The van der Waals surface area contributed by atoms with Crippen LogP contribution in [0.15, 0.2) is 30.6 Å². The molecular weight excluding hydrogens is 288 g/mol. The fourth-order valence-electron chi connectivity index (χ4n) is 2.73. The third kappa shape index (κ3) is 5.15. The van der Waals surface area contributed by atoms with Gasteiger partial charge in [-0.25, -0.2) is 0 Å². The number of aliphatic hydroxyl groups is 1. The van der Waals surface area contributed by atoms with E-state index in [0.717, 1.165) is 30.9 Å². The van der Waals surface area contributed by atoms with Crippen LogP contribution in [0.1, 0.15) is 37.7 Å². The Labute approximate surface area is 138 Å². The van der Waals surface area contributed by atoms with Crippen LogP contribution < -0.4 is 5.32 Å². The van der Waals surface area contributed by atoms with Gasteiger partial charge in [-0.05, 0) is 24.5 Å². The highest BCUT2D eigenvalue weighted by atomic mass is 16.3. The normalized spacial score (nSPS) is 13.3. The molecule has 5 heteroatoms. The van der Waals surface area contributed by atoms with Crippen molar-refractivity contribution in [2.75, 3.05) is 13.2 Å².